The number of aromatic nitrogens is 18. The molecule has 5 saturated heterocycles. The molecule has 5 fully saturated rings. The Morgan fingerprint density at radius 3 is 1.31 bits per heavy atom. The predicted molar refractivity (Wildman–Crippen MR) is 466 cm³/mol. The highest BCUT2D eigenvalue weighted by Crippen LogP contribution is 2.31. The van der Waals surface area contributed by atoms with Crippen LogP contribution in [0.25, 0.3) is 23.3 Å². The van der Waals surface area contributed by atoms with Crippen molar-refractivity contribution in [2.45, 2.75) is 33.7 Å². The zero-order valence-corrected chi connectivity index (χ0v) is 68.5. The van der Waals surface area contributed by atoms with Crippen molar-refractivity contribution in [1.82, 2.24) is 98.8 Å². The van der Waals surface area contributed by atoms with Crippen LogP contribution in [-0.4, -0.2) is 269 Å². The van der Waals surface area contributed by atoms with Gasteiger partial charge in [0.1, 0.15) is 36.2 Å². The lowest BCUT2D eigenvalue weighted by atomic mass is 10.1. The Morgan fingerprint density at radius 2 is 0.851 bits per heavy atom. The van der Waals surface area contributed by atoms with Gasteiger partial charge in [0.05, 0.1) is 69.8 Å². The first-order valence-electron chi connectivity index (χ1n) is 40.3. The molecule has 39 nitrogen and oxygen atoms in total. The number of anilines is 18. The number of nitrogen functional groups attached to an aromatic ring is 4. The summed E-state index contributed by atoms with van der Waals surface area (Å²) >= 11 is 0. The van der Waals surface area contributed by atoms with Crippen molar-refractivity contribution in [3.05, 3.63) is 170 Å². The van der Waals surface area contributed by atoms with Gasteiger partial charge in [-0.05, 0) is 136 Å². The number of nitrogens with one attached hydrogen (secondary N) is 4. The molecular formula is C81H102FN35O4. The van der Waals surface area contributed by atoms with Crippen molar-refractivity contribution < 1.29 is 23.3 Å². The molecule has 4 aromatic carbocycles. The van der Waals surface area contributed by atoms with Crippen LogP contribution in [-0.2, 0) is 18.9 Å². The van der Waals surface area contributed by atoms with E-state index in [1.165, 1.54) is 37.8 Å². The largest absolute Gasteiger partial charge is 0.378 e. The molecule has 0 aliphatic carbocycles. The summed E-state index contributed by atoms with van der Waals surface area (Å²) in [4.78, 5) is 61.2. The van der Waals surface area contributed by atoms with Crippen LogP contribution in [0.1, 0.15) is 33.3 Å². The van der Waals surface area contributed by atoms with E-state index >= 15 is 0 Å². The van der Waals surface area contributed by atoms with Gasteiger partial charge in [-0.25, -0.2) is 34.3 Å². The number of benzene rings is 4. The first kappa shape index (κ1) is 83.8. The van der Waals surface area contributed by atoms with E-state index in [0.717, 1.165) is 171 Å². The Morgan fingerprint density at radius 1 is 0.430 bits per heavy atom. The van der Waals surface area contributed by atoms with Crippen molar-refractivity contribution in [2.24, 2.45) is 0 Å². The predicted octanol–water partition coefficient (Wildman–Crippen LogP) is 7.41. The molecule has 12 aromatic rings. The molecular weight excluding hydrogens is 1550 g/mol. The number of piperazine rings is 1. The highest BCUT2D eigenvalue weighted by Gasteiger charge is 2.25. The fourth-order valence-electron chi connectivity index (χ4n) is 13.9. The van der Waals surface area contributed by atoms with E-state index in [1.807, 2.05) is 79.8 Å². The van der Waals surface area contributed by atoms with Crippen LogP contribution in [0.5, 0.6) is 0 Å². The van der Waals surface area contributed by atoms with Gasteiger partial charge < -0.3 is 97.4 Å². The van der Waals surface area contributed by atoms with Gasteiger partial charge in [-0.3, -0.25) is 4.90 Å². The van der Waals surface area contributed by atoms with Crippen molar-refractivity contribution in [3.63, 3.8) is 0 Å². The molecule has 0 bridgehead atoms. The summed E-state index contributed by atoms with van der Waals surface area (Å²) in [5.74, 6) is 5.88. The number of rotatable bonds is 24. The molecule has 0 atom stereocenters. The summed E-state index contributed by atoms with van der Waals surface area (Å²) in [5, 5.41) is 39.5. The van der Waals surface area contributed by atoms with Gasteiger partial charge in [-0.15, -0.1) is 20.4 Å². The maximum atomic E-state index is 14.5. The highest BCUT2D eigenvalue weighted by atomic mass is 19.1. The van der Waals surface area contributed by atoms with Gasteiger partial charge in [0.15, 0.2) is 23.3 Å². The van der Waals surface area contributed by atoms with Gasteiger partial charge in [0.25, 0.3) is 0 Å². The Hall–Kier alpha value is -13.7. The zero-order valence-electron chi connectivity index (χ0n) is 68.5. The van der Waals surface area contributed by atoms with Gasteiger partial charge in [-0.2, -0.15) is 43.9 Å². The molecule has 632 valence electrons. The summed E-state index contributed by atoms with van der Waals surface area (Å²) in [5.41, 5.74) is 31.7. The molecule has 5 aliphatic heterocycles. The third-order valence-electron chi connectivity index (χ3n) is 20.7. The fourth-order valence-corrected chi connectivity index (χ4v) is 13.9. The summed E-state index contributed by atoms with van der Waals surface area (Å²) in [6.45, 7) is 28.8. The minimum atomic E-state index is -0.387. The molecule has 13 heterocycles. The SMILES string of the molecule is CC(C)N1CCN(c2cc(-n3nc(Nc4ccc(N5CCOCC5)cc4)nc3N)ncn2)CC1.CCN(CC)CCN(C)c1cc(-n2nc(Nc3ccc(N4CCOCC4)cc3)nc2N)ncn1.N#Cc1ccc(Nc2nc(N)n(-c3ccccn3)n2)cc1N1CCOCC1.Nc1nc(Nc2ccc(N3CCOCC3)cc2F)nn1-c1ccccn1. The number of pyridine rings is 2. The Labute approximate surface area is 700 Å². The number of morpholine rings is 4. The average Bonchev–Trinajstić information content (AvgIpc) is 1.78. The average molecular weight is 1650 g/mol. The van der Waals surface area contributed by atoms with Gasteiger partial charge in [0.2, 0.25) is 47.6 Å². The second kappa shape index (κ2) is 40.6. The Kier molecular flexibility index (Phi) is 28.1. The van der Waals surface area contributed by atoms with E-state index < -0.39 is 0 Å². The maximum Gasteiger partial charge on any atom is 0.248 e. The molecule has 40 heteroatoms. The normalized spacial score (nSPS) is 15.0. The summed E-state index contributed by atoms with van der Waals surface area (Å²) in [6.07, 6.45) is 6.38. The topological polar surface area (TPSA) is 439 Å². The molecule has 0 amide bonds. The summed E-state index contributed by atoms with van der Waals surface area (Å²) < 4.78 is 42.0. The second-order valence-corrected chi connectivity index (χ2v) is 28.7. The lowest BCUT2D eigenvalue weighted by Gasteiger charge is -2.37. The molecule has 0 spiro atoms. The minimum Gasteiger partial charge on any atom is -0.378 e. The Bertz CT molecular complexity index is 5310. The molecule has 5 aliphatic rings. The van der Waals surface area contributed by atoms with Crippen molar-refractivity contribution in [1.29, 1.82) is 5.26 Å². The number of hydrogen-bond donors (Lipinski definition) is 8. The lowest BCUT2D eigenvalue weighted by Crippen LogP contribution is -2.49. The van der Waals surface area contributed by atoms with Crippen LogP contribution in [0.15, 0.2) is 159 Å². The number of likely N-dealkylation sites (N-methyl/N-ethyl adjacent to an activating group) is 2. The first-order valence-corrected chi connectivity index (χ1v) is 40.3. The fraction of sp³-hybridized carbons (Fsp3) is 0.370. The van der Waals surface area contributed by atoms with Gasteiger partial charge in [0, 0.05) is 163 Å². The number of ether oxygens (including phenoxy) is 4. The van der Waals surface area contributed by atoms with Gasteiger partial charge >= 0.3 is 0 Å². The number of nitrogens with two attached hydrogens (primary N) is 4. The number of nitrogens with zero attached hydrogens (tertiary/aromatic N) is 27. The zero-order chi connectivity index (χ0) is 84.0. The third-order valence-corrected chi connectivity index (χ3v) is 20.7. The lowest BCUT2D eigenvalue weighted by molar-refractivity contribution is 0.122. The maximum absolute atomic E-state index is 14.5. The van der Waals surface area contributed by atoms with Crippen LogP contribution in [0.4, 0.5) is 109 Å². The summed E-state index contributed by atoms with van der Waals surface area (Å²) in [7, 11) is 2.02. The number of nitriles is 1. The third kappa shape index (κ3) is 22.0. The van der Waals surface area contributed by atoms with E-state index in [1.54, 1.807) is 53.7 Å². The highest BCUT2D eigenvalue weighted by molar-refractivity contribution is 5.70. The van der Waals surface area contributed by atoms with E-state index in [4.69, 9.17) is 41.9 Å². The molecule has 0 radical (unpaired) electrons. The van der Waals surface area contributed by atoms with Crippen LogP contribution in [0.2, 0.25) is 0 Å². The number of hydrogen-bond acceptors (Lipinski definition) is 35. The smallest absolute Gasteiger partial charge is 0.248 e. The van der Waals surface area contributed by atoms with Crippen molar-refractivity contribution >= 4 is 105 Å². The summed E-state index contributed by atoms with van der Waals surface area (Å²) in [6, 6.07) is 44.3. The van der Waals surface area contributed by atoms with Crippen LogP contribution in [0.3, 0.4) is 0 Å². The van der Waals surface area contributed by atoms with E-state index in [9.17, 15) is 9.65 Å². The van der Waals surface area contributed by atoms with E-state index in [-0.39, 0.29) is 41.2 Å². The standard InChI is InChI=1S/C23H32N10O.C23H34N10O.C18H18N8O.C17H18FN7O/c1-17(2)30-7-9-32(10-8-30)20-15-21(26-16-25-20)33-22(24)28-23(29-33)27-18-3-5-19(6-4-18)31-11-13-34-14-12-31;1-4-31(5-2)11-10-30(3)20-16-21(26-17-25-20)33-22(24)28-23(29-33)27-18-6-8-19(9-7-18)32-12-14-34-15-13-32;19-12-13-4-5-14(11-15(13)25-7-9-27-10-8-25)22-18-23-17(20)26(24-18)16-3-1-2-6-21-16;18-13-11-12(24-7-9-26-10-8-24)4-5-14(13)21-17-22-16(19)25(23-17)15-3-1-2-6-20-15/h3-6,15-17H,7-14H2,1-2H3,(H3,24,27,28,29);6-9,16-17H,4-5,10-15H2,1-3H3,(H3,24,27,28,29);1-6,11H,7-10H2,(H3,20,22,23,24);1-6,11H,7-10H2,(H3,19,21,22,23). The molecule has 0 unspecified atom stereocenters. The molecule has 121 heavy (non-hydrogen) atoms. The van der Waals surface area contributed by atoms with Crippen LogP contribution < -0.4 is 73.6 Å². The van der Waals surface area contributed by atoms with Crippen LogP contribution in [0, 0.1) is 17.1 Å². The quantitative estimate of drug-likeness (QED) is 0.0292. The molecule has 17 rings (SSSR count). The van der Waals surface area contributed by atoms with Crippen molar-refractivity contribution in [3.8, 4) is 29.3 Å². The van der Waals surface area contributed by atoms with Crippen molar-refractivity contribution in [2.75, 3.05) is 238 Å². The molecule has 8 aromatic heterocycles. The van der Waals surface area contributed by atoms with E-state index in [2.05, 4.69) is 189 Å². The monoisotopic (exact) mass is 1650 g/mol. The molecule has 0 saturated carbocycles. The number of halogens is 1. The minimum absolute atomic E-state index is 0.163. The van der Waals surface area contributed by atoms with Crippen LogP contribution >= 0.6 is 0 Å². The van der Waals surface area contributed by atoms with Gasteiger partial charge in [-0.1, -0.05) is 26.0 Å². The second-order valence-electron chi connectivity index (χ2n) is 28.7. The first-order chi connectivity index (χ1) is 59.1. The van der Waals surface area contributed by atoms with E-state index in [0.29, 0.717) is 79.1 Å². The Balaban J connectivity index is 0.000000133. The molecule has 12 N–H and O–H groups in total.